The lowest BCUT2D eigenvalue weighted by molar-refractivity contribution is -0.384. The Balaban J connectivity index is 1.68. The van der Waals surface area contributed by atoms with Crippen LogP contribution in [0, 0.1) is 10.1 Å². The fourth-order valence-electron chi connectivity index (χ4n) is 3.00. The largest absolute Gasteiger partial charge is 0.452 e. The summed E-state index contributed by atoms with van der Waals surface area (Å²) < 4.78 is 5.06. The van der Waals surface area contributed by atoms with Crippen molar-refractivity contribution in [3.8, 4) is 0 Å². The van der Waals surface area contributed by atoms with E-state index in [0.29, 0.717) is 0 Å². The van der Waals surface area contributed by atoms with Crippen LogP contribution in [0.1, 0.15) is 22.8 Å². The number of hydrogen-bond donors (Lipinski definition) is 0. The second-order valence-electron chi connectivity index (χ2n) is 5.94. The van der Waals surface area contributed by atoms with Gasteiger partial charge in [-0.3, -0.25) is 14.9 Å². The van der Waals surface area contributed by atoms with E-state index in [4.69, 9.17) is 16.3 Å². The van der Waals surface area contributed by atoms with Gasteiger partial charge in [-0.15, -0.1) is 0 Å². The van der Waals surface area contributed by atoms with Gasteiger partial charge in [0.2, 0.25) is 0 Å². The molecule has 26 heavy (non-hydrogen) atoms. The number of nitro groups is 1. The maximum atomic E-state index is 12.5. The van der Waals surface area contributed by atoms with Crippen molar-refractivity contribution in [1.82, 2.24) is 0 Å². The average Bonchev–Trinajstić information content (AvgIpc) is 2.95. The Morgan fingerprint density at radius 3 is 2.73 bits per heavy atom. The number of esters is 1. The third-order valence-corrected chi connectivity index (χ3v) is 4.50. The molecule has 1 aliphatic rings. The van der Waals surface area contributed by atoms with Gasteiger partial charge in [-0.2, -0.15) is 0 Å². The van der Waals surface area contributed by atoms with Crippen molar-refractivity contribution in [2.75, 3.05) is 11.5 Å². The van der Waals surface area contributed by atoms with Crippen molar-refractivity contribution >= 4 is 34.9 Å². The topological polar surface area (TPSA) is 89.8 Å². The molecule has 1 heterocycles. The summed E-state index contributed by atoms with van der Waals surface area (Å²) >= 11 is 5.90. The van der Waals surface area contributed by atoms with Crippen molar-refractivity contribution in [1.29, 1.82) is 0 Å². The van der Waals surface area contributed by atoms with E-state index in [9.17, 15) is 19.7 Å². The van der Waals surface area contributed by atoms with Crippen LogP contribution in [0.15, 0.2) is 42.5 Å². The molecule has 0 radical (unpaired) electrons. The molecule has 0 saturated heterocycles. The molecule has 0 unspecified atom stereocenters. The number of rotatable bonds is 4. The molecule has 2 aromatic carbocycles. The molecule has 3 rings (SSSR count). The number of anilines is 1. The first-order valence-corrected chi connectivity index (χ1v) is 8.27. The van der Waals surface area contributed by atoms with Gasteiger partial charge in [-0.05, 0) is 31.0 Å². The van der Waals surface area contributed by atoms with Crippen LogP contribution in [0.2, 0.25) is 5.02 Å². The third kappa shape index (κ3) is 3.39. The summed E-state index contributed by atoms with van der Waals surface area (Å²) in [5.74, 6) is -1.15. The van der Waals surface area contributed by atoms with E-state index in [1.165, 1.54) is 6.07 Å². The quantitative estimate of drug-likeness (QED) is 0.465. The maximum Gasteiger partial charge on any atom is 0.340 e. The normalized spacial score (nSPS) is 15.5. The van der Waals surface area contributed by atoms with E-state index in [1.54, 1.807) is 4.90 Å². The Labute approximate surface area is 154 Å². The average molecular weight is 375 g/mol. The van der Waals surface area contributed by atoms with E-state index < -0.39 is 17.5 Å². The summed E-state index contributed by atoms with van der Waals surface area (Å²) in [5, 5.41) is 10.6. The van der Waals surface area contributed by atoms with E-state index in [2.05, 4.69) is 0 Å². The second-order valence-corrected chi connectivity index (χ2v) is 6.35. The third-order valence-electron chi connectivity index (χ3n) is 4.19. The molecule has 1 amide bonds. The van der Waals surface area contributed by atoms with E-state index in [-0.39, 0.29) is 28.2 Å². The Kier molecular flexibility index (Phi) is 4.90. The number of para-hydroxylation sites is 1. The first-order valence-electron chi connectivity index (χ1n) is 7.89. The molecular formula is C18H15ClN2O5. The first-order chi connectivity index (χ1) is 12.4. The highest BCUT2D eigenvalue weighted by Gasteiger charge is 2.31. The van der Waals surface area contributed by atoms with Gasteiger partial charge in [0, 0.05) is 23.9 Å². The number of hydrogen-bond acceptors (Lipinski definition) is 5. The van der Waals surface area contributed by atoms with Crippen molar-refractivity contribution in [2.45, 2.75) is 19.4 Å². The van der Waals surface area contributed by atoms with Gasteiger partial charge in [0.15, 0.2) is 6.61 Å². The van der Waals surface area contributed by atoms with Crippen LogP contribution in [-0.4, -0.2) is 29.4 Å². The lowest BCUT2D eigenvalue weighted by atomic mass is 10.1. The van der Waals surface area contributed by atoms with Crippen molar-refractivity contribution in [3.63, 3.8) is 0 Å². The minimum Gasteiger partial charge on any atom is -0.452 e. The summed E-state index contributed by atoms with van der Waals surface area (Å²) in [4.78, 5) is 36.4. The van der Waals surface area contributed by atoms with Gasteiger partial charge in [0.1, 0.15) is 0 Å². The number of benzene rings is 2. The minimum absolute atomic E-state index is 0.0263. The Morgan fingerprint density at radius 1 is 1.31 bits per heavy atom. The first kappa shape index (κ1) is 17.9. The van der Waals surface area contributed by atoms with E-state index >= 15 is 0 Å². The van der Waals surface area contributed by atoms with Gasteiger partial charge in [-0.25, -0.2) is 4.79 Å². The second kappa shape index (κ2) is 7.13. The van der Waals surface area contributed by atoms with Gasteiger partial charge in [0.25, 0.3) is 11.6 Å². The Hall–Kier alpha value is -2.93. The molecule has 0 N–H and O–H groups in total. The summed E-state index contributed by atoms with van der Waals surface area (Å²) in [6, 6.07) is 11.0. The lowest BCUT2D eigenvalue weighted by Crippen LogP contribution is -2.38. The van der Waals surface area contributed by atoms with Crippen molar-refractivity contribution in [2.24, 2.45) is 0 Å². The standard InChI is InChI=1S/C18H15ClN2O5/c1-11-8-12-4-2-3-5-16(12)20(11)17(22)10-26-18(23)14-7-6-13(21(24)25)9-15(14)19/h2-7,9,11H,8,10H2,1H3/t11-/m1/s1. The van der Waals surface area contributed by atoms with Crippen LogP contribution in [0.5, 0.6) is 0 Å². The summed E-state index contributed by atoms with van der Waals surface area (Å²) in [7, 11) is 0. The zero-order valence-electron chi connectivity index (χ0n) is 13.8. The van der Waals surface area contributed by atoms with Gasteiger partial charge in [-0.1, -0.05) is 29.8 Å². The van der Waals surface area contributed by atoms with Gasteiger partial charge >= 0.3 is 5.97 Å². The zero-order chi connectivity index (χ0) is 18.8. The van der Waals surface area contributed by atoms with Crippen LogP contribution >= 0.6 is 11.6 Å². The number of ether oxygens (including phenoxy) is 1. The number of carbonyl (C=O) groups is 2. The molecule has 0 bridgehead atoms. The number of non-ortho nitro benzene ring substituents is 1. The van der Waals surface area contributed by atoms with E-state index in [0.717, 1.165) is 29.8 Å². The number of halogens is 1. The highest BCUT2D eigenvalue weighted by molar-refractivity contribution is 6.33. The Bertz CT molecular complexity index is 899. The molecule has 7 nitrogen and oxygen atoms in total. The number of fused-ring (bicyclic) bond motifs is 1. The van der Waals surface area contributed by atoms with Crippen LogP contribution in [0.3, 0.4) is 0 Å². The van der Waals surface area contributed by atoms with Crippen LogP contribution in [0.4, 0.5) is 11.4 Å². The van der Waals surface area contributed by atoms with Crippen LogP contribution in [-0.2, 0) is 16.0 Å². The smallest absolute Gasteiger partial charge is 0.340 e. The van der Waals surface area contributed by atoms with Gasteiger partial charge < -0.3 is 9.64 Å². The molecule has 8 heteroatoms. The minimum atomic E-state index is -0.807. The highest BCUT2D eigenvalue weighted by Crippen LogP contribution is 2.32. The molecule has 1 aliphatic heterocycles. The molecular weight excluding hydrogens is 360 g/mol. The fraction of sp³-hybridized carbons (Fsp3) is 0.222. The number of nitrogens with zero attached hydrogens (tertiary/aromatic N) is 2. The molecule has 0 spiro atoms. The molecule has 0 aliphatic carbocycles. The zero-order valence-corrected chi connectivity index (χ0v) is 14.6. The van der Waals surface area contributed by atoms with Crippen molar-refractivity contribution in [3.05, 3.63) is 68.7 Å². The van der Waals surface area contributed by atoms with Gasteiger partial charge in [0.05, 0.1) is 15.5 Å². The molecule has 0 aromatic heterocycles. The fourth-order valence-corrected chi connectivity index (χ4v) is 3.26. The SMILES string of the molecule is C[C@@H]1Cc2ccccc2N1C(=O)COC(=O)c1ccc([N+](=O)[O-])cc1Cl. The molecule has 0 saturated carbocycles. The number of nitro benzene ring substituents is 1. The van der Waals surface area contributed by atoms with Crippen LogP contribution < -0.4 is 4.90 Å². The maximum absolute atomic E-state index is 12.5. The molecule has 2 aromatic rings. The predicted molar refractivity (Wildman–Crippen MR) is 95.5 cm³/mol. The lowest BCUT2D eigenvalue weighted by Gasteiger charge is -2.22. The summed E-state index contributed by atoms with van der Waals surface area (Å²) in [5.41, 5.74) is 1.62. The summed E-state index contributed by atoms with van der Waals surface area (Å²) in [6.45, 7) is 1.48. The highest BCUT2D eigenvalue weighted by atomic mass is 35.5. The molecule has 0 fully saturated rings. The van der Waals surface area contributed by atoms with Crippen LogP contribution in [0.25, 0.3) is 0 Å². The molecule has 1 atom stereocenters. The number of amides is 1. The monoisotopic (exact) mass is 374 g/mol. The van der Waals surface area contributed by atoms with Crippen molar-refractivity contribution < 1.29 is 19.2 Å². The molecule has 134 valence electrons. The Morgan fingerprint density at radius 2 is 2.04 bits per heavy atom. The van der Waals surface area contributed by atoms with E-state index in [1.807, 2.05) is 31.2 Å². The number of carbonyl (C=O) groups excluding carboxylic acids is 2. The summed E-state index contributed by atoms with van der Waals surface area (Å²) in [6.07, 6.45) is 0.740. The predicted octanol–water partition coefficient (Wildman–Crippen LogP) is 3.38.